The fraction of sp³-hybridized carbons (Fsp3) is 0.500. The zero-order valence-electron chi connectivity index (χ0n) is 9.55. The number of hydrogen-bond donors (Lipinski definition) is 0. The molecule has 0 saturated carbocycles. The van der Waals surface area contributed by atoms with Gasteiger partial charge in [-0.05, 0) is 43.3 Å². The molecular formula is C12H14Cl3NS. The molecular weight excluding hydrogens is 297 g/mol. The third-order valence-corrected chi connectivity index (χ3v) is 5.38. The van der Waals surface area contributed by atoms with Crippen LogP contribution in [-0.4, -0.2) is 16.9 Å². The summed E-state index contributed by atoms with van der Waals surface area (Å²) in [5.41, 5.74) is 0. The SMILES string of the molecule is CCC1CCCN1Sc1cc(Cl)c(Cl)cc1Cl. The van der Waals surface area contributed by atoms with Gasteiger partial charge in [0, 0.05) is 17.5 Å². The summed E-state index contributed by atoms with van der Waals surface area (Å²) in [4.78, 5) is 0.987. The van der Waals surface area contributed by atoms with Crippen molar-refractivity contribution in [1.29, 1.82) is 0 Å². The van der Waals surface area contributed by atoms with Crippen molar-refractivity contribution in [3.63, 3.8) is 0 Å². The number of hydrogen-bond acceptors (Lipinski definition) is 2. The van der Waals surface area contributed by atoms with Gasteiger partial charge < -0.3 is 0 Å². The summed E-state index contributed by atoms with van der Waals surface area (Å²) in [6.45, 7) is 3.33. The van der Waals surface area contributed by atoms with Crippen LogP contribution in [0.5, 0.6) is 0 Å². The van der Waals surface area contributed by atoms with Crippen LogP contribution in [0.1, 0.15) is 26.2 Å². The summed E-state index contributed by atoms with van der Waals surface area (Å²) in [5, 5.41) is 1.74. The van der Waals surface area contributed by atoms with E-state index in [1.807, 2.05) is 6.07 Å². The van der Waals surface area contributed by atoms with E-state index in [1.54, 1.807) is 18.0 Å². The summed E-state index contributed by atoms with van der Waals surface area (Å²) in [6.07, 6.45) is 3.69. The molecule has 1 aliphatic heterocycles. The van der Waals surface area contributed by atoms with E-state index in [1.165, 1.54) is 19.3 Å². The molecule has 1 atom stereocenters. The van der Waals surface area contributed by atoms with E-state index in [9.17, 15) is 0 Å². The van der Waals surface area contributed by atoms with Crippen LogP contribution < -0.4 is 0 Å². The van der Waals surface area contributed by atoms with E-state index >= 15 is 0 Å². The van der Waals surface area contributed by atoms with Crippen LogP contribution in [0.2, 0.25) is 15.1 Å². The highest BCUT2D eigenvalue weighted by molar-refractivity contribution is 7.97. The lowest BCUT2D eigenvalue weighted by molar-refractivity contribution is 0.425. The Hall–Kier alpha value is 0.400. The summed E-state index contributed by atoms with van der Waals surface area (Å²) in [7, 11) is 0. The Balaban J connectivity index is 2.15. The van der Waals surface area contributed by atoms with Crippen LogP contribution in [0.25, 0.3) is 0 Å². The highest BCUT2D eigenvalue weighted by Gasteiger charge is 2.24. The van der Waals surface area contributed by atoms with Gasteiger partial charge in [0.2, 0.25) is 0 Å². The summed E-state index contributed by atoms with van der Waals surface area (Å²) in [6, 6.07) is 4.21. The highest BCUT2D eigenvalue weighted by atomic mass is 35.5. The second-order valence-corrected chi connectivity index (χ2v) is 6.45. The Morgan fingerprint density at radius 1 is 1.24 bits per heavy atom. The van der Waals surface area contributed by atoms with Crippen molar-refractivity contribution < 1.29 is 0 Å². The summed E-state index contributed by atoms with van der Waals surface area (Å²) >= 11 is 19.8. The first-order chi connectivity index (χ1) is 8.11. The highest BCUT2D eigenvalue weighted by Crippen LogP contribution is 2.39. The van der Waals surface area contributed by atoms with E-state index in [2.05, 4.69) is 11.2 Å². The van der Waals surface area contributed by atoms with E-state index in [-0.39, 0.29) is 0 Å². The van der Waals surface area contributed by atoms with Crippen LogP contribution in [-0.2, 0) is 0 Å². The molecule has 17 heavy (non-hydrogen) atoms. The predicted molar refractivity (Wildman–Crippen MR) is 77.3 cm³/mol. The van der Waals surface area contributed by atoms with Crippen molar-refractivity contribution in [3.8, 4) is 0 Å². The average Bonchev–Trinajstić information content (AvgIpc) is 2.73. The first kappa shape index (κ1) is 13.8. The van der Waals surface area contributed by atoms with Gasteiger partial charge in [-0.1, -0.05) is 41.7 Å². The molecule has 0 amide bonds. The van der Waals surface area contributed by atoms with Gasteiger partial charge in [0.1, 0.15) is 0 Å². The molecule has 0 aliphatic carbocycles. The first-order valence-corrected chi connectivity index (χ1v) is 7.61. The molecule has 1 heterocycles. The van der Waals surface area contributed by atoms with Gasteiger partial charge in [0.25, 0.3) is 0 Å². The fourth-order valence-electron chi connectivity index (χ4n) is 2.04. The van der Waals surface area contributed by atoms with Gasteiger partial charge in [0.15, 0.2) is 0 Å². The zero-order chi connectivity index (χ0) is 12.4. The minimum absolute atomic E-state index is 0.509. The van der Waals surface area contributed by atoms with Crippen molar-refractivity contribution in [2.24, 2.45) is 0 Å². The maximum absolute atomic E-state index is 6.18. The van der Waals surface area contributed by atoms with Crippen LogP contribution in [0.4, 0.5) is 0 Å². The normalized spacial score (nSPS) is 21.1. The average molecular weight is 311 g/mol. The van der Waals surface area contributed by atoms with Gasteiger partial charge >= 0.3 is 0 Å². The lowest BCUT2D eigenvalue weighted by Crippen LogP contribution is -2.21. The molecule has 2 rings (SSSR count). The molecule has 1 unspecified atom stereocenters. The maximum Gasteiger partial charge on any atom is 0.0607 e. The number of nitrogens with zero attached hydrogens (tertiary/aromatic N) is 1. The minimum Gasteiger partial charge on any atom is -0.243 e. The molecule has 0 aromatic heterocycles. The van der Waals surface area contributed by atoms with E-state index < -0.39 is 0 Å². The largest absolute Gasteiger partial charge is 0.243 e. The topological polar surface area (TPSA) is 3.24 Å². The molecule has 1 aliphatic rings. The van der Waals surface area contributed by atoms with Gasteiger partial charge in [-0.3, -0.25) is 0 Å². The quantitative estimate of drug-likeness (QED) is 0.533. The van der Waals surface area contributed by atoms with E-state index in [0.29, 0.717) is 21.1 Å². The molecule has 1 saturated heterocycles. The summed E-state index contributed by atoms with van der Waals surface area (Å²) in [5.74, 6) is 0. The lowest BCUT2D eigenvalue weighted by atomic mass is 10.2. The van der Waals surface area contributed by atoms with Gasteiger partial charge in [-0.15, -0.1) is 0 Å². The Morgan fingerprint density at radius 3 is 2.65 bits per heavy atom. The Labute approximate surface area is 122 Å². The Morgan fingerprint density at radius 2 is 1.94 bits per heavy atom. The standard InChI is InChI=1S/C12H14Cl3NS/c1-2-8-4-3-5-16(8)17-12-7-10(14)9(13)6-11(12)15/h6-8H,2-5H2,1H3. The molecule has 0 radical (unpaired) electrons. The van der Waals surface area contributed by atoms with Crippen molar-refractivity contribution in [2.75, 3.05) is 6.54 Å². The smallest absolute Gasteiger partial charge is 0.0607 e. The second-order valence-electron chi connectivity index (χ2n) is 4.13. The molecule has 0 spiro atoms. The van der Waals surface area contributed by atoms with E-state index in [0.717, 1.165) is 11.4 Å². The molecule has 1 aromatic rings. The predicted octanol–water partition coefficient (Wildman–Crippen LogP) is 5.53. The third kappa shape index (κ3) is 3.24. The van der Waals surface area contributed by atoms with Gasteiger partial charge in [-0.25, -0.2) is 4.31 Å². The second kappa shape index (κ2) is 6.03. The summed E-state index contributed by atoms with van der Waals surface area (Å²) < 4.78 is 2.39. The minimum atomic E-state index is 0.509. The number of rotatable bonds is 3. The molecule has 1 fully saturated rings. The zero-order valence-corrected chi connectivity index (χ0v) is 12.6. The van der Waals surface area contributed by atoms with Crippen molar-refractivity contribution in [2.45, 2.75) is 37.1 Å². The van der Waals surface area contributed by atoms with Crippen LogP contribution in [0.3, 0.4) is 0 Å². The molecule has 0 bridgehead atoms. The molecule has 94 valence electrons. The van der Waals surface area contributed by atoms with E-state index in [4.69, 9.17) is 34.8 Å². The third-order valence-electron chi connectivity index (χ3n) is 2.98. The monoisotopic (exact) mass is 309 g/mol. The molecule has 5 heteroatoms. The van der Waals surface area contributed by atoms with Crippen LogP contribution in [0.15, 0.2) is 17.0 Å². The Bertz CT molecular complexity index is 411. The van der Waals surface area contributed by atoms with Crippen molar-refractivity contribution in [1.82, 2.24) is 4.31 Å². The fourth-order valence-corrected chi connectivity index (χ4v) is 3.95. The lowest BCUT2D eigenvalue weighted by Gasteiger charge is -2.22. The van der Waals surface area contributed by atoms with Gasteiger partial charge in [0.05, 0.1) is 15.1 Å². The van der Waals surface area contributed by atoms with Crippen LogP contribution in [0, 0.1) is 0 Å². The molecule has 1 aromatic carbocycles. The van der Waals surface area contributed by atoms with Crippen molar-refractivity contribution in [3.05, 3.63) is 27.2 Å². The van der Waals surface area contributed by atoms with Crippen molar-refractivity contribution >= 4 is 46.8 Å². The number of benzene rings is 1. The first-order valence-electron chi connectivity index (χ1n) is 5.71. The maximum atomic E-state index is 6.18. The molecule has 1 nitrogen and oxygen atoms in total. The Kier molecular flexibility index (Phi) is 4.90. The van der Waals surface area contributed by atoms with Gasteiger partial charge in [-0.2, -0.15) is 0 Å². The number of halogens is 3. The molecule has 0 N–H and O–H groups in total. The van der Waals surface area contributed by atoms with Crippen LogP contribution >= 0.6 is 46.8 Å².